The number of benzene rings is 3. The number of carbonyl (C=O) groups is 1. The maximum absolute atomic E-state index is 13.9. The Morgan fingerprint density at radius 3 is 2.21 bits per heavy atom. The van der Waals surface area contributed by atoms with Gasteiger partial charge in [0.2, 0.25) is 0 Å². The summed E-state index contributed by atoms with van der Waals surface area (Å²) in [5.41, 5.74) is -1.46. The summed E-state index contributed by atoms with van der Waals surface area (Å²) < 4.78 is 52.4. The maximum atomic E-state index is 13.9. The molecule has 1 amide bonds. The average Bonchev–Trinajstić information content (AvgIpc) is 2.65. The van der Waals surface area contributed by atoms with Gasteiger partial charge in [-0.2, -0.15) is 13.2 Å². The number of hydrogen-bond donors (Lipinski definition) is 2. The van der Waals surface area contributed by atoms with Gasteiger partial charge in [0.15, 0.2) is 0 Å². The zero-order valence-corrected chi connectivity index (χ0v) is 15.8. The van der Waals surface area contributed by atoms with Gasteiger partial charge in [-0.15, -0.1) is 0 Å². The summed E-state index contributed by atoms with van der Waals surface area (Å²) in [6, 6.07) is 10.4. The van der Waals surface area contributed by atoms with Crippen molar-refractivity contribution in [2.45, 2.75) is 6.18 Å². The number of aromatic hydroxyl groups is 1. The lowest BCUT2D eigenvalue weighted by atomic mass is 10.0. The highest BCUT2D eigenvalue weighted by atomic mass is 35.5. The van der Waals surface area contributed by atoms with Crippen LogP contribution < -0.4 is 5.32 Å². The molecule has 0 aromatic heterocycles. The van der Waals surface area contributed by atoms with E-state index in [9.17, 15) is 27.5 Å². The normalized spacial score (nSPS) is 11.4. The Morgan fingerprint density at radius 2 is 1.59 bits per heavy atom. The van der Waals surface area contributed by atoms with E-state index in [0.29, 0.717) is 28.8 Å². The highest BCUT2D eigenvalue weighted by molar-refractivity contribution is 6.32. The first-order chi connectivity index (χ1) is 13.6. The molecular weight excluding hydrogens is 433 g/mol. The summed E-state index contributed by atoms with van der Waals surface area (Å²) in [5.74, 6) is -2.56. The van der Waals surface area contributed by atoms with E-state index in [2.05, 4.69) is 0 Å². The number of phenolic OH excluding ortho intramolecular Hbond substituents is 1. The molecule has 0 spiro atoms. The predicted molar refractivity (Wildman–Crippen MR) is 103 cm³/mol. The fourth-order valence-corrected chi connectivity index (χ4v) is 2.95. The van der Waals surface area contributed by atoms with Crippen molar-refractivity contribution in [3.05, 3.63) is 81.6 Å². The molecule has 150 valence electrons. The zero-order chi connectivity index (χ0) is 21.3. The van der Waals surface area contributed by atoms with Gasteiger partial charge in [-0.1, -0.05) is 35.3 Å². The lowest BCUT2D eigenvalue weighted by molar-refractivity contribution is -0.137. The molecule has 0 saturated heterocycles. The molecule has 3 aromatic rings. The van der Waals surface area contributed by atoms with Crippen LogP contribution in [0.15, 0.2) is 54.6 Å². The number of alkyl halides is 3. The fraction of sp³-hybridized carbons (Fsp3) is 0.0500. The molecule has 0 fully saturated rings. The fourth-order valence-electron chi connectivity index (χ4n) is 2.61. The maximum Gasteiger partial charge on any atom is 0.416 e. The van der Waals surface area contributed by atoms with Crippen molar-refractivity contribution in [2.24, 2.45) is 0 Å². The van der Waals surface area contributed by atoms with Gasteiger partial charge < -0.3 is 10.4 Å². The molecule has 0 heterocycles. The molecule has 0 atom stereocenters. The third kappa shape index (κ3) is 4.63. The van der Waals surface area contributed by atoms with E-state index in [1.54, 1.807) is 24.3 Å². The monoisotopic (exact) mass is 443 g/mol. The Hall–Kier alpha value is -2.77. The first-order valence-electron chi connectivity index (χ1n) is 8.03. The number of carbonyl (C=O) groups excluding carboxylic acids is 1. The van der Waals surface area contributed by atoms with E-state index < -0.39 is 34.9 Å². The second-order valence-electron chi connectivity index (χ2n) is 6.00. The largest absolute Gasteiger partial charge is 0.506 e. The molecule has 3 nitrogen and oxygen atoms in total. The number of rotatable bonds is 3. The quantitative estimate of drug-likeness (QED) is 0.438. The zero-order valence-electron chi connectivity index (χ0n) is 14.3. The lowest BCUT2D eigenvalue weighted by Crippen LogP contribution is -2.15. The van der Waals surface area contributed by atoms with Crippen LogP contribution in [0.25, 0.3) is 11.1 Å². The summed E-state index contributed by atoms with van der Waals surface area (Å²) in [5, 5.41) is 13.1. The Bertz CT molecular complexity index is 1080. The van der Waals surface area contributed by atoms with Gasteiger partial charge in [0, 0.05) is 15.6 Å². The summed E-state index contributed by atoms with van der Waals surface area (Å²) in [6.45, 7) is 0. The SMILES string of the molecule is O=C(Nc1cc(C(F)(F)F)ccc1F)c1cc(Cl)cc(-c2ccc(Cl)cc2)c1O. The third-order valence-electron chi connectivity index (χ3n) is 4.02. The first kappa shape index (κ1) is 21.0. The van der Waals surface area contributed by atoms with Gasteiger partial charge in [-0.25, -0.2) is 4.39 Å². The topological polar surface area (TPSA) is 49.3 Å². The van der Waals surface area contributed by atoms with Crippen molar-refractivity contribution in [2.75, 3.05) is 5.32 Å². The minimum Gasteiger partial charge on any atom is -0.506 e. The molecule has 0 radical (unpaired) electrons. The summed E-state index contributed by atoms with van der Waals surface area (Å²) >= 11 is 11.9. The highest BCUT2D eigenvalue weighted by Crippen LogP contribution is 2.37. The van der Waals surface area contributed by atoms with E-state index in [1.165, 1.54) is 6.07 Å². The summed E-state index contributed by atoms with van der Waals surface area (Å²) in [4.78, 5) is 12.5. The first-order valence-corrected chi connectivity index (χ1v) is 8.78. The van der Waals surface area contributed by atoms with Gasteiger partial charge in [0.05, 0.1) is 16.8 Å². The molecule has 0 bridgehead atoms. The van der Waals surface area contributed by atoms with Gasteiger partial charge >= 0.3 is 6.18 Å². The van der Waals surface area contributed by atoms with Gasteiger partial charge in [-0.3, -0.25) is 4.79 Å². The van der Waals surface area contributed by atoms with Crippen molar-refractivity contribution in [1.29, 1.82) is 0 Å². The minimum absolute atomic E-state index is 0.0856. The van der Waals surface area contributed by atoms with Crippen LogP contribution in [-0.2, 0) is 6.18 Å². The van der Waals surface area contributed by atoms with Crippen molar-refractivity contribution >= 4 is 34.8 Å². The van der Waals surface area contributed by atoms with E-state index >= 15 is 0 Å². The van der Waals surface area contributed by atoms with Crippen molar-refractivity contribution in [3.63, 3.8) is 0 Å². The number of halogens is 6. The average molecular weight is 444 g/mol. The van der Waals surface area contributed by atoms with E-state index in [-0.39, 0.29) is 16.1 Å². The highest BCUT2D eigenvalue weighted by Gasteiger charge is 2.31. The minimum atomic E-state index is -4.72. The van der Waals surface area contributed by atoms with Crippen LogP contribution in [0.2, 0.25) is 10.0 Å². The van der Waals surface area contributed by atoms with Gasteiger partial charge in [-0.05, 0) is 48.0 Å². The van der Waals surface area contributed by atoms with E-state index in [1.807, 2.05) is 5.32 Å². The van der Waals surface area contributed by atoms with Crippen LogP contribution in [0.4, 0.5) is 23.2 Å². The Morgan fingerprint density at radius 1 is 0.931 bits per heavy atom. The van der Waals surface area contributed by atoms with Gasteiger partial charge in [0.25, 0.3) is 5.91 Å². The van der Waals surface area contributed by atoms with Crippen LogP contribution in [0, 0.1) is 5.82 Å². The molecule has 9 heteroatoms. The summed E-state index contributed by atoms with van der Waals surface area (Å²) in [7, 11) is 0. The number of nitrogens with one attached hydrogen (secondary N) is 1. The van der Waals surface area contributed by atoms with Crippen LogP contribution in [0.1, 0.15) is 15.9 Å². The molecule has 0 aliphatic heterocycles. The van der Waals surface area contributed by atoms with Crippen molar-refractivity contribution in [1.82, 2.24) is 0 Å². The van der Waals surface area contributed by atoms with Gasteiger partial charge in [0.1, 0.15) is 11.6 Å². The Kier molecular flexibility index (Phi) is 5.73. The van der Waals surface area contributed by atoms with Crippen LogP contribution in [0.5, 0.6) is 5.75 Å². The molecule has 2 N–H and O–H groups in total. The van der Waals surface area contributed by atoms with Crippen molar-refractivity contribution < 1.29 is 27.5 Å². The Labute approximate surface area is 172 Å². The molecule has 0 aliphatic rings. The van der Waals surface area contributed by atoms with E-state index in [0.717, 1.165) is 6.07 Å². The number of hydrogen-bond acceptors (Lipinski definition) is 2. The Balaban J connectivity index is 1.99. The molecule has 29 heavy (non-hydrogen) atoms. The molecule has 0 saturated carbocycles. The molecule has 0 unspecified atom stereocenters. The van der Waals surface area contributed by atoms with Crippen LogP contribution in [0.3, 0.4) is 0 Å². The summed E-state index contributed by atoms with van der Waals surface area (Å²) in [6.07, 6.45) is -4.72. The second-order valence-corrected chi connectivity index (χ2v) is 6.88. The van der Waals surface area contributed by atoms with Crippen molar-refractivity contribution in [3.8, 4) is 16.9 Å². The molecule has 3 rings (SSSR count). The van der Waals surface area contributed by atoms with Crippen LogP contribution >= 0.6 is 23.2 Å². The lowest BCUT2D eigenvalue weighted by Gasteiger charge is -2.13. The number of anilines is 1. The standard InChI is InChI=1S/C20H11Cl2F4NO2/c21-12-4-1-10(2-5-12)14-8-13(22)9-15(18(14)28)19(29)27-17-7-11(20(24,25)26)3-6-16(17)23/h1-9,28H,(H,27,29). The van der Waals surface area contributed by atoms with E-state index in [4.69, 9.17) is 23.2 Å². The van der Waals surface area contributed by atoms with Crippen LogP contribution in [-0.4, -0.2) is 11.0 Å². The smallest absolute Gasteiger partial charge is 0.416 e. The number of amides is 1. The third-order valence-corrected chi connectivity index (χ3v) is 4.49. The molecule has 0 aliphatic carbocycles. The predicted octanol–water partition coefficient (Wildman–Crippen LogP) is 6.78. The molecular formula is C20H11Cl2F4NO2. The molecule has 3 aromatic carbocycles. The second kappa shape index (κ2) is 7.93. The number of phenols is 1.